The number of hydrogen-bond acceptors (Lipinski definition) is 5. The summed E-state index contributed by atoms with van der Waals surface area (Å²) >= 11 is 1.37. The lowest BCUT2D eigenvalue weighted by Crippen LogP contribution is -2.23. The van der Waals surface area contributed by atoms with E-state index in [1.807, 2.05) is 41.0 Å². The van der Waals surface area contributed by atoms with E-state index in [2.05, 4.69) is 28.5 Å². The van der Waals surface area contributed by atoms with Crippen LogP contribution in [0.25, 0.3) is 16.6 Å². The van der Waals surface area contributed by atoms with Crippen molar-refractivity contribution < 1.29 is 6.22 Å². The van der Waals surface area contributed by atoms with Crippen LogP contribution < -0.4 is 10.7 Å². The lowest BCUT2D eigenvalue weighted by Gasteiger charge is -2.20. The van der Waals surface area contributed by atoms with Crippen molar-refractivity contribution in [2.45, 2.75) is 11.4 Å². The van der Waals surface area contributed by atoms with E-state index < -0.39 is 0 Å². The fourth-order valence-corrected chi connectivity index (χ4v) is 4.73. The fourth-order valence-electron chi connectivity index (χ4n) is 3.88. The molecule has 3 aromatic rings. The van der Waals surface area contributed by atoms with Crippen molar-refractivity contribution in [2.24, 2.45) is 11.8 Å². The third-order valence-electron chi connectivity index (χ3n) is 5.81. The first-order valence-electron chi connectivity index (χ1n) is 10.6. The summed E-state index contributed by atoms with van der Waals surface area (Å²) in [4.78, 5) is 31.0. The zero-order valence-corrected chi connectivity index (χ0v) is 18.8. The second-order valence-electron chi connectivity index (χ2n) is 8.35. The molecule has 2 aliphatic carbocycles. The topological polar surface area (TPSA) is 67.2 Å². The van der Waals surface area contributed by atoms with Gasteiger partial charge in [0.2, 0.25) is 5.91 Å². The Balaban J connectivity index is 0.00000259. The van der Waals surface area contributed by atoms with E-state index in [4.69, 9.17) is 0 Å². The molecule has 0 saturated heterocycles. The van der Waals surface area contributed by atoms with E-state index in [0.29, 0.717) is 33.8 Å². The van der Waals surface area contributed by atoms with Crippen molar-refractivity contribution in [3.05, 3.63) is 82.8 Å². The summed E-state index contributed by atoms with van der Waals surface area (Å²) in [6, 6.07) is 13.5. The molecule has 0 spiro atoms. The van der Waals surface area contributed by atoms with Gasteiger partial charge in [-0.3, -0.25) is 14.2 Å². The van der Waals surface area contributed by atoms with Gasteiger partial charge in [-0.15, -0.1) is 0 Å². The predicted octanol–water partition coefficient (Wildman–Crippen LogP) is 4.31. The molecule has 2 aromatic heterocycles. The van der Waals surface area contributed by atoms with Crippen molar-refractivity contribution >= 4 is 34.4 Å². The van der Waals surface area contributed by atoms with E-state index in [-0.39, 0.29) is 12.8 Å². The van der Waals surface area contributed by atoms with E-state index in [9.17, 15) is 9.59 Å². The number of nitrogens with one attached hydrogen (secondary N) is 1. The molecule has 1 aromatic carbocycles. The molecule has 2 heterocycles. The van der Waals surface area contributed by atoms with Gasteiger partial charge in [-0.1, -0.05) is 42.1 Å². The van der Waals surface area contributed by atoms with Crippen LogP contribution in [0.5, 0.6) is 0 Å². The Morgan fingerprint density at radius 3 is 2.81 bits per heavy atom. The van der Waals surface area contributed by atoms with Gasteiger partial charge in [-0.05, 0) is 42.5 Å². The van der Waals surface area contributed by atoms with Crippen LogP contribution in [-0.4, -0.2) is 40.2 Å². The number of para-hydroxylation sites is 1. The highest BCUT2D eigenvalue weighted by molar-refractivity contribution is 7.99. The molecule has 1 fully saturated rings. The second-order valence-corrected chi connectivity index (χ2v) is 9.35. The number of carbonyl (C=O) groups excluding carboxylic acids is 1. The number of nitrogens with zero attached hydrogens (tertiary/aromatic N) is 3. The highest BCUT2D eigenvalue weighted by Crippen LogP contribution is 2.44. The van der Waals surface area contributed by atoms with Crippen LogP contribution in [0, 0.1) is 11.8 Å². The lowest BCUT2D eigenvalue weighted by molar-refractivity contribution is -0.125. The van der Waals surface area contributed by atoms with Gasteiger partial charge in [0.1, 0.15) is 5.82 Å². The number of pyridine rings is 2. The van der Waals surface area contributed by atoms with Crippen LogP contribution in [0.4, 0.5) is 5.82 Å². The van der Waals surface area contributed by atoms with Gasteiger partial charge in [0, 0.05) is 39.2 Å². The SMILES string of the molecule is CN(C)C(=O)CSc1cc2c(cn1)c(=O)cc(NC1=CC3CC3C=C1)n2-c1ccccc1.[HH]. The normalized spacial score (nSPS) is 18.8. The molecule has 1 N–H and O–H groups in total. The van der Waals surface area contributed by atoms with Crippen LogP contribution in [0.1, 0.15) is 7.85 Å². The van der Waals surface area contributed by atoms with Crippen molar-refractivity contribution in [3.8, 4) is 5.69 Å². The number of rotatable bonds is 6. The molecule has 2 aliphatic rings. The lowest BCUT2D eigenvalue weighted by atomic mass is 10.1. The fraction of sp³-hybridized carbons (Fsp3) is 0.240. The molecular formula is C25H26N4O2S. The molecule has 2 unspecified atom stereocenters. The molecule has 2 atom stereocenters. The number of hydrogen-bond donors (Lipinski definition) is 1. The summed E-state index contributed by atoms with van der Waals surface area (Å²) in [5, 5.41) is 4.71. The second kappa shape index (κ2) is 8.31. The van der Waals surface area contributed by atoms with Crippen molar-refractivity contribution in [3.63, 3.8) is 0 Å². The first kappa shape index (κ1) is 20.6. The summed E-state index contributed by atoms with van der Waals surface area (Å²) < 4.78 is 2.05. The van der Waals surface area contributed by atoms with E-state index in [0.717, 1.165) is 16.9 Å². The highest BCUT2D eigenvalue weighted by Gasteiger charge is 2.35. The zero-order valence-electron chi connectivity index (χ0n) is 18.0. The van der Waals surface area contributed by atoms with Gasteiger partial charge in [-0.2, -0.15) is 0 Å². The Morgan fingerprint density at radius 1 is 1.25 bits per heavy atom. The van der Waals surface area contributed by atoms with Crippen LogP contribution in [-0.2, 0) is 4.79 Å². The Hall–Kier alpha value is -3.32. The van der Waals surface area contributed by atoms with E-state index in [1.165, 1.54) is 18.2 Å². The van der Waals surface area contributed by atoms with Crippen molar-refractivity contribution in [1.29, 1.82) is 0 Å². The van der Waals surface area contributed by atoms with E-state index in [1.54, 1.807) is 31.3 Å². The van der Waals surface area contributed by atoms with Gasteiger partial charge >= 0.3 is 0 Å². The molecule has 6 nitrogen and oxygen atoms in total. The van der Waals surface area contributed by atoms with Crippen LogP contribution in [0.3, 0.4) is 0 Å². The van der Waals surface area contributed by atoms with Gasteiger partial charge in [0.15, 0.2) is 5.43 Å². The van der Waals surface area contributed by atoms with E-state index >= 15 is 0 Å². The van der Waals surface area contributed by atoms with Crippen molar-refractivity contribution in [2.75, 3.05) is 25.2 Å². The number of anilines is 1. The number of amides is 1. The molecule has 0 radical (unpaired) electrons. The smallest absolute Gasteiger partial charge is 0.232 e. The average molecular weight is 447 g/mol. The molecule has 164 valence electrons. The Morgan fingerprint density at radius 2 is 2.06 bits per heavy atom. The Bertz CT molecular complexity index is 1320. The minimum absolute atomic E-state index is 0. The molecular weight excluding hydrogens is 420 g/mol. The van der Waals surface area contributed by atoms with Crippen molar-refractivity contribution in [1.82, 2.24) is 14.5 Å². The van der Waals surface area contributed by atoms with Gasteiger partial charge < -0.3 is 10.2 Å². The summed E-state index contributed by atoms with van der Waals surface area (Å²) in [6.07, 6.45) is 9.38. The summed E-state index contributed by atoms with van der Waals surface area (Å²) in [5.74, 6) is 2.28. The van der Waals surface area contributed by atoms with Gasteiger partial charge in [0.25, 0.3) is 0 Å². The largest absolute Gasteiger partial charge is 0.348 e. The van der Waals surface area contributed by atoms with Gasteiger partial charge in [0.05, 0.1) is 21.7 Å². The molecule has 5 rings (SSSR count). The number of allylic oxidation sites excluding steroid dienone is 3. The maximum atomic E-state index is 13.0. The van der Waals surface area contributed by atoms with Crippen LogP contribution in [0.2, 0.25) is 0 Å². The Labute approximate surface area is 192 Å². The van der Waals surface area contributed by atoms with Crippen LogP contribution in [0.15, 0.2) is 82.4 Å². The third kappa shape index (κ3) is 4.08. The quantitative estimate of drug-likeness (QED) is 0.572. The first-order valence-corrected chi connectivity index (χ1v) is 11.6. The van der Waals surface area contributed by atoms with Gasteiger partial charge in [-0.25, -0.2) is 4.98 Å². The zero-order chi connectivity index (χ0) is 22.2. The summed E-state index contributed by atoms with van der Waals surface area (Å²) in [7, 11) is 3.47. The average Bonchev–Trinajstić information content (AvgIpc) is 3.57. The number of fused-ring (bicyclic) bond motifs is 2. The third-order valence-corrected chi connectivity index (χ3v) is 6.72. The standard InChI is InChI=1S/C25H24N4O2S.H2/c1-28(2)25(31)15-32-24-12-21-20(14-26-24)22(30)13-23(29(21)19-6-4-3-5-7-19)27-18-9-8-16-10-17(16)11-18;/h3-9,11-14,16-17,27H,10,15H2,1-2H3;1H. The number of benzene rings is 1. The monoisotopic (exact) mass is 446 g/mol. The molecule has 1 saturated carbocycles. The minimum atomic E-state index is -0.0900. The molecule has 32 heavy (non-hydrogen) atoms. The van der Waals surface area contributed by atoms with Crippen LogP contribution >= 0.6 is 11.8 Å². The maximum absolute atomic E-state index is 13.0. The first-order chi connectivity index (χ1) is 15.5. The number of aromatic nitrogens is 2. The Kier molecular flexibility index (Phi) is 5.35. The molecule has 1 amide bonds. The molecule has 0 bridgehead atoms. The molecule has 0 aliphatic heterocycles. The molecule has 7 heteroatoms. The highest BCUT2D eigenvalue weighted by atomic mass is 32.2. The summed E-state index contributed by atoms with van der Waals surface area (Å²) in [6.45, 7) is 0. The number of carbonyl (C=O) groups is 1. The maximum Gasteiger partial charge on any atom is 0.232 e. The summed E-state index contributed by atoms with van der Waals surface area (Å²) in [5.41, 5.74) is 2.61. The number of thioether (sulfide) groups is 1. The minimum Gasteiger partial charge on any atom is -0.348 e. The predicted molar refractivity (Wildman–Crippen MR) is 131 cm³/mol.